The predicted molar refractivity (Wildman–Crippen MR) is 175 cm³/mol. The highest BCUT2D eigenvalue weighted by atomic mass is 28.4. The lowest BCUT2D eigenvalue weighted by Crippen LogP contribution is -2.69. The molecule has 0 saturated carbocycles. The van der Waals surface area contributed by atoms with Crippen LogP contribution in [0.1, 0.15) is 81.6 Å². The molecule has 0 bridgehead atoms. The summed E-state index contributed by atoms with van der Waals surface area (Å²) in [5, 5.41) is -0.249. The van der Waals surface area contributed by atoms with Gasteiger partial charge in [-0.15, -0.1) is 0 Å². The summed E-state index contributed by atoms with van der Waals surface area (Å²) in [5.74, 6) is -0.298. The first kappa shape index (κ1) is 37.8. The van der Waals surface area contributed by atoms with Crippen LogP contribution in [-0.2, 0) is 37.1 Å². The summed E-state index contributed by atoms with van der Waals surface area (Å²) in [5.41, 5.74) is 0. The van der Waals surface area contributed by atoms with Gasteiger partial charge in [0.15, 0.2) is 25.0 Å². The van der Waals surface area contributed by atoms with Crippen molar-refractivity contribution in [2.45, 2.75) is 179 Å². The third-order valence-corrected chi connectivity index (χ3v) is 24.0. The Bertz CT molecular complexity index is 932. The largest absolute Gasteiger partial charge is 0.469 e. The number of methoxy groups -OCH3 is 1. The molecular formula is C31H62O8Si3. The number of carbonyl (C=O) groups is 2. The number of fused-ring (bicyclic) bond motifs is 1. The fourth-order valence-electron chi connectivity index (χ4n) is 4.66. The quantitative estimate of drug-likeness (QED) is 0.140. The topological polar surface area (TPSA) is 89.5 Å². The zero-order valence-corrected chi connectivity index (χ0v) is 32.5. The molecule has 42 heavy (non-hydrogen) atoms. The molecule has 2 aliphatic rings. The van der Waals surface area contributed by atoms with E-state index >= 15 is 0 Å². The predicted octanol–water partition coefficient (Wildman–Crippen LogP) is 7.23. The van der Waals surface area contributed by atoms with Crippen molar-refractivity contribution < 1.29 is 37.1 Å². The number of hydrogen-bond donors (Lipinski definition) is 0. The highest BCUT2D eigenvalue weighted by Crippen LogP contribution is 2.46. The van der Waals surface area contributed by atoms with Crippen molar-refractivity contribution in [2.24, 2.45) is 0 Å². The minimum atomic E-state index is -2.39. The highest BCUT2D eigenvalue weighted by molar-refractivity contribution is 6.75. The summed E-state index contributed by atoms with van der Waals surface area (Å²) in [6.45, 7) is 33.0. The Kier molecular flexibility index (Phi) is 11.8. The van der Waals surface area contributed by atoms with E-state index in [1.54, 1.807) is 0 Å². The maximum absolute atomic E-state index is 12.9. The number of rotatable bonds is 10. The van der Waals surface area contributed by atoms with Crippen LogP contribution in [-0.4, -0.2) is 87.0 Å². The van der Waals surface area contributed by atoms with E-state index in [4.69, 9.17) is 27.5 Å². The van der Waals surface area contributed by atoms with Gasteiger partial charge >= 0.3 is 5.97 Å². The van der Waals surface area contributed by atoms with Crippen molar-refractivity contribution in [3.05, 3.63) is 0 Å². The van der Waals surface area contributed by atoms with Gasteiger partial charge in [0, 0.05) is 0 Å². The lowest BCUT2D eigenvalue weighted by molar-refractivity contribution is -0.267. The molecule has 2 heterocycles. The van der Waals surface area contributed by atoms with Crippen LogP contribution in [0.15, 0.2) is 0 Å². The lowest BCUT2D eigenvalue weighted by Gasteiger charge is -2.55. The number of hydrogen-bond acceptors (Lipinski definition) is 8. The van der Waals surface area contributed by atoms with Gasteiger partial charge in [-0.25, -0.2) is 0 Å². The van der Waals surface area contributed by atoms with Gasteiger partial charge in [0.2, 0.25) is 0 Å². The molecule has 2 rings (SSSR count). The van der Waals surface area contributed by atoms with Gasteiger partial charge in [0.1, 0.15) is 36.8 Å². The molecule has 0 radical (unpaired) electrons. The number of carbonyl (C=O) groups excluding carboxylic acids is 2. The second-order valence-corrected chi connectivity index (χ2v) is 31.2. The van der Waals surface area contributed by atoms with E-state index in [-0.39, 0.29) is 39.7 Å². The van der Waals surface area contributed by atoms with E-state index < -0.39 is 55.5 Å². The number of aldehydes is 1. The molecule has 0 spiro atoms. The minimum absolute atomic E-state index is 0.0698. The van der Waals surface area contributed by atoms with Crippen LogP contribution in [0.3, 0.4) is 0 Å². The Labute approximate surface area is 259 Å². The SMILES string of the molecule is COC(=O)C[C@H]1CC[C@@H]2O[C@@H]([C@H](C=O)O[Si](C)(C)C(C)(C)C)C(O[Si](C)(C)C(C)(C)C)C(O[Si](C)(C)C(C)(C)C)[C@H]2O1. The Morgan fingerprint density at radius 3 is 1.69 bits per heavy atom. The Morgan fingerprint density at radius 1 is 0.786 bits per heavy atom. The lowest BCUT2D eigenvalue weighted by atomic mass is 9.87. The van der Waals surface area contributed by atoms with Gasteiger partial charge in [-0.1, -0.05) is 62.3 Å². The molecule has 2 fully saturated rings. The van der Waals surface area contributed by atoms with E-state index in [2.05, 4.69) is 102 Å². The van der Waals surface area contributed by atoms with Gasteiger partial charge in [0.05, 0.1) is 25.7 Å². The zero-order chi connectivity index (χ0) is 32.7. The third kappa shape index (κ3) is 8.64. The Morgan fingerprint density at radius 2 is 1.26 bits per heavy atom. The standard InChI is InChI=1S/C31H62O8Si3/c1-29(2,3)40(11,12)37-23(20-32)26-28(39-42(15,16)31(7,8)9)27(38-41(13,14)30(4,5)6)25-22(36-26)18-17-21(35-25)19-24(33)34-10/h20-23,25-28H,17-19H2,1-16H3/t21-,22+,23+,25+,26+,27?,28?/m1/s1. The van der Waals surface area contributed by atoms with Crippen LogP contribution >= 0.6 is 0 Å². The monoisotopic (exact) mass is 646 g/mol. The van der Waals surface area contributed by atoms with E-state index in [1.807, 2.05) is 0 Å². The van der Waals surface area contributed by atoms with Crippen LogP contribution in [0.25, 0.3) is 0 Å². The van der Waals surface area contributed by atoms with Gasteiger partial charge in [-0.05, 0) is 67.2 Å². The first-order valence-electron chi connectivity index (χ1n) is 15.6. The van der Waals surface area contributed by atoms with Crippen molar-refractivity contribution in [2.75, 3.05) is 7.11 Å². The third-order valence-electron chi connectivity index (χ3n) is 10.6. The van der Waals surface area contributed by atoms with E-state index in [9.17, 15) is 9.59 Å². The molecule has 0 aromatic carbocycles. The first-order valence-corrected chi connectivity index (χ1v) is 24.4. The summed E-state index contributed by atoms with van der Waals surface area (Å²) >= 11 is 0. The molecule has 2 saturated heterocycles. The van der Waals surface area contributed by atoms with Crippen molar-refractivity contribution in [3.8, 4) is 0 Å². The molecule has 7 atom stereocenters. The minimum Gasteiger partial charge on any atom is -0.469 e. The molecule has 11 heteroatoms. The van der Waals surface area contributed by atoms with Crippen LogP contribution in [0, 0.1) is 0 Å². The van der Waals surface area contributed by atoms with Gasteiger partial charge in [0.25, 0.3) is 0 Å². The normalized spacial score (nSPS) is 29.0. The molecule has 8 nitrogen and oxygen atoms in total. The number of ether oxygens (including phenoxy) is 3. The fourth-order valence-corrected chi connectivity index (χ4v) is 8.48. The molecule has 0 aliphatic carbocycles. The Balaban J connectivity index is 2.69. The van der Waals surface area contributed by atoms with Crippen molar-refractivity contribution in [1.29, 1.82) is 0 Å². The summed E-state index contributed by atoms with van der Waals surface area (Å²) < 4.78 is 39.7. The van der Waals surface area contributed by atoms with E-state index in [1.165, 1.54) is 7.11 Å². The summed E-state index contributed by atoms with van der Waals surface area (Å²) in [6, 6.07) is 0. The van der Waals surface area contributed by atoms with Crippen molar-refractivity contribution in [1.82, 2.24) is 0 Å². The fraction of sp³-hybridized carbons (Fsp3) is 0.935. The summed E-state index contributed by atoms with van der Waals surface area (Å²) in [7, 11) is -5.69. The van der Waals surface area contributed by atoms with Crippen LogP contribution in [0.4, 0.5) is 0 Å². The summed E-state index contributed by atoms with van der Waals surface area (Å²) in [6.07, 6.45) is -1.19. The molecule has 0 N–H and O–H groups in total. The maximum atomic E-state index is 12.9. The van der Waals surface area contributed by atoms with Crippen molar-refractivity contribution >= 4 is 37.2 Å². The van der Waals surface area contributed by atoms with Gasteiger partial charge in [-0.2, -0.15) is 0 Å². The van der Waals surface area contributed by atoms with Crippen LogP contribution < -0.4 is 0 Å². The zero-order valence-electron chi connectivity index (χ0n) is 29.5. The average molecular weight is 647 g/mol. The average Bonchev–Trinajstić information content (AvgIpc) is 2.81. The van der Waals surface area contributed by atoms with E-state index in [0.717, 1.165) is 6.29 Å². The molecule has 2 unspecified atom stereocenters. The molecule has 0 amide bonds. The molecule has 0 aromatic rings. The van der Waals surface area contributed by atoms with Crippen molar-refractivity contribution in [3.63, 3.8) is 0 Å². The highest BCUT2D eigenvalue weighted by Gasteiger charge is 2.58. The summed E-state index contributed by atoms with van der Waals surface area (Å²) in [4.78, 5) is 25.1. The second-order valence-electron chi connectivity index (χ2n) is 16.9. The molecule has 2 aliphatic heterocycles. The number of esters is 1. The second kappa shape index (κ2) is 13.1. The molecule has 0 aromatic heterocycles. The van der Waals surface area contributed by atoms with E-state index in [0.29, 0.717) is 12.8 Å². The molecule has 246 valence electrons. The van der Waals surface area contributed by atoms with Gasteiger partial charge < -0.3 is 32.3 Å². The maximum Gasteiger partial charge on any atom is 0.308 e. The smallest absolute Gasteiger partial charge is 0.308 e. The van der Waals surface area contributed by atoms with Gasteiger partial charge in [-0.3, -0.25) is 4.79 Å². The molecular weight excluding hydrogens is 585 g/mol. The first-order chi connectivity index (χ1) is 18.8. The van der Waals surface area contributed by atoms with Crippen LogP contribution in [0.2, 0.25) is 54.4 Å². The Hall–Kier alpha value is -0.409. The van der Waals surface area contributed by atoms with Crippen LogP contribution in [0.5, 0.6) is 0 Å².